The van der Waals surface area contributed by atoms with Crippen LogP contribution in [-0.2, 0) is 4.79 Å². The molecule has 2 aromatic heterocycles. The van der Waals surface area contributed by atoms with E-state index in [9.17, 15) is 4.79 Å². The molecule has 1 saturated heterocycles. The molecule has 130 valence electrons. The third-order valence-corrected chi connectivity index (χ3v) is 4.81. The van der Waals surface area contributed by atoms with Gasteiger partial charge in [-0.1, -0.05) is 10.8 Å². The number of hydrogen-bond acceptors (Lipinski definition) is 6. The van der Waals surface area contributed by atoms with E-state index in [-0.39, 0.29) is 18.0 Å². The van der Waals surface area contributed by atoms with Gasteiger partial charge in [0.05, 0.1) is 18.3 Å². The van der Waals surface area contributed by atoms with Crippen molar-refractivity contribution in [2.24, 2.45) is 0 Å². The number of carbonyl (C=O) groups excluding carboxylic acids is 1. The van der Waals surface area contributed by atoms with Crippen molar-refractivity contribution in [2.75, 3.05) is 18.0 Å². The van der Waals surface area contributed by atoms with Gasteiger partial charge in [-0.05, 0) is 32.3 Å². The number of aryl methyl sites for hydroxylation is 1. The lowest BCUT2D eigenvalue weighted by Crippen LogP contribution is -2.41. The summed E-state index contributed by atoms with van der Waals surface area (Å²) in [5.74, 6) is 1.58. The largest absolute Gasteiger partial charge is 0.352 e. The minimum absolute atomic E-state index is 0.0153. The average Bonchev–Trinajstić information content (AvgIpc) is 3.20. The lowest BCUT2D eigenvalue weighted by atomic mass is 9.92. The van der Waals surface area contributed by atoms with Gasteiger partial charge < -0.3 is 10.2 Å². The molecule has 2 aromatic rings. The summed E-state index contributed by atoms with van der Waals surface area (Å²) in [6.45, 7) is 3.26. The molecular weight excluding hydrogens is 318 g/mol. The molecule has 4 rings (SSSR count). The van der Waals surface area contributed by atoms with E-state index in [4.69, 9.17) is 0 Å². The Balaban J connectivity index is 1.53. The van der Waals surface area contributed by atoms with Gasteiger partial charge >= 0.3 is 0 Å². The summed E-state index contributed by atoms with van der Waals surface area (Å²) in [6.07, 6.45) is 10.3. The maximum Gasteiger partial charge on any atom is 0.244 e. The van der Waals surface area contributed by atoms with E-state index in [1.54, 1.807) is 18.5 Å². The first-order chi connectivity index (χ1) is 12.2. The van der Waals surface area contributed by atoms with Gasteiger partial charge in [-0.3, -0.25) is 4.79 Å². The Hall–Kier alpha value is -2.77. The van der Waals surface area contributed by atoms with Gasteiger partial charge in [0, 0.05) is 31.6 Å². The molecule has 1 aliphatic carbocycles. The van der Waals surface area contributed by atoms with Crippen LogP contribution < -0.4 is 10.2 Å². The second kappa shape index (κ2) is 6.62. The molecule has 1 aliphatic heterocycles. The second-order valence-corrected chi connectivity index (χ2v) is 6.59. The number of amides is 1. The van der Waals surface area contributed by atoms with Crippen LogP contribution in [0.15, 0.2) is 36.3 Å². The molecule has 0 aromatic carbocycles. The summed E-state index contributed by atoms with van der Waals surface area (Å²) in [7, 11) is 0. The summed E-state index contributed by atoms with van der Waals surface area (Å²) >= 11 is 0. The molecule has 2 fully saturated rings. The fourth-order valence-corrected chi connectivity index (χ4v) is 3.33. The van der Waals surface area contributed by atoms with Crippen LogP contribution in [0.5, 0.6) is 0 Å². The highest BCUT2D eigenvalue weighted by atomic mass is 16.1. The Bertz CT molecular complexity index is 780. The third-order valence-electron chi connectivity index (χ3n) is 4.81. The van der Waals surface area contributed by atoms with E-state index >= 15 is 0 Å². The standard InChI is InChI=1S/C17H21N7O/c1-12-18-6-5-16(20-12)23-10-14(15(11-23)24-8-7-19-22-24)21-17(25)9-13-3-2-4-13/h5-9,14-15H,2-4,10-11H2,1H3,(H,21,25)/t14-,15+/m1/s1. The predicted octanol–water partition coefficient (Wildman–Crippen LogP) is 1.03. The highest BCUT2D eigenvalue weighted by Crippen LogP contribution is 2.27. The molecule has 8 heteroatoms. The number of nitrogens with one attached hydrogen (secondary N) is 1. The first-order valence-electron chi connectivity index (χ1n) is 8.59. The van der Waals surface area contributed by atoms with E-state index in [1.807, 2.05) is 23.9 Å². The summed E-state index contributed by atoms with van der Waals surface area (Å²) in [6, 6.07) is 1.86. The number of rotatable bonds is 4. The SMILES string of the molecule is Cc1nccc(N2C[C@@H](NC(=O)C=C3CCC3)[C@@H](n3ccnn3)C2)n1. The van der Waals surface area contributed by atoms with Crippen LogP contribution in [0.3, 0.4) is 0 Å². The van der Waals surface area contributed by atoms with Gasteiger partial charge in [-0.25, -0.2) is 14.6 Å². The predicted molar refractivity (Wildman–Crippen MR) is 91.9 cm³/mol. The Morgan fingerprint density at radius 2 is 2.20 bits per heavy atom. The molecule has 1 amide bonds. The smallest absolute Gasteiger partial charge is 0.244 e. The lowest BCUT2D eigenvalue weighted by Gasteiger charge is -2.20. The monoisotopic (exact) mass is 339 g/mol. The number of nitrogens with zero attached hydrogens (tertiary/aromatic N) is 6. The van der Waals surface area contributed by atoms with Crippen molar-refractivity contribution in [3.05, 3.63) is 42.1 Å². The van der Waals surface area contributed by atoms with Crippen LogP contribution >= 0.6 is 0 Å². The topological polar surface area (TPSA) is 88.8 Å². The van der Waals surface area contributed by atoms with E-state index in [0.29, 0.717) is 13.1 Å². The first-order valence-corrected chi connectivity index (χ1v) is 8.59. The third kappa shape index (κ3) is 3.38. The van der Waals surface area contributed by atoms with Crippen molar-refractivity contribution >= 4 is 11.7 Å². The molecular formula is C17H21N7O. The van der Waals surface area contributed by atoms with E-state index in [1.165, 1.54) is 12.0 Å². The van der Waals surface area contributed by atoms with Gasteiger partial charge in [0.2, 0.25) is 5.91 Å². The molecule has 25 heavy (non-hydrogen) atoms. The normalized spacial score (nSPS) is 22.6. The minimum Gasteiger partial charge on any atom is -0.352 e. The average molecular weight is 339 g/mol. The first kappa shape index (κ1) is 15.7. The summed E-state index contributed by atoms with van der Waals surface area (Å²) < 4.78 is 1.81. The molecule has 0 radical (unpaired) electrons. The molecule has 0 unspecified atom stereocenters. The Kier molecular flexibility index (Phi) is 4.17. The number of hydrogen-bond donors (Lipinski definition) is 1. The Morgan fingerprint density at radius 3 is 2.88 bits per heavy atom. The molecule has 2 aliphatic rings. The van der Waals surface area contributed by atoms with Crippen molar-refractivity contribution in [3.8, 4) is 0 Å². The summed E-state index contributed by atoms with van der Waals surface area (Å²) in [5.41, 5.74) is 1.23. The minimum atomic E-state index is -0.0543. The van der Waals surface area contributed by atoms with Gasteiger partial charge in [0.25, 0.3) is 0 Å². The van der Waals surface area contributed by atoms with Crippen molar-refractivity contribution in [2.45, 2.75) is 38.3 Å². The highest BCUT2D eigenvalue weighted by molar-refractivity contribution is 5.88. The lowest BCUT2D eigenvalue weighted by molar-refractivity contribution is -0.117. The number of aromatic nitrogens is 5. The van der Waals surface area contributed by atoms with Crippen LogP contribution in [0.1, 0.15) is 31.1 Å². The van der Waals surface area contributed by atoms with Gasteiger partial charge in [-0.15, -0.1) is 5.10 Å². The van der Waals surface area contributed by atoms with Crippen molar-refractivity contribution in [1.82, 2.24) is 30.3 Å². The molecule has 1 N–H and O–H groups in total. The number of carbonyl (C=O) groups is 1. The quantitative estimate of drug-likeness (QED) is 0.837. The number of anilines is 1. The zero-order chi connectivity index (χ0) is 17.2. The summed E-state index contributed by atoms with van der Waals surface area (Å²) in [5, 5.41) is 11.2. The maximum atomic E-state index is 12.3. The van der Waals surface area contributed by atoms with Crippen molar-refractivity contribution in [3.63, 3.8) is 0 Å². The number of allylic oxidation sites excluding steroid dienone is 1. The molecule has 0 spiro atoms. The molecule has 3 heterocycles. The van der Waals surface area contributed by atoms with Crippen LogP contribution in [0.4, 0.5) is 5.82 Å². The Morgan fingerprint density at radius 1 is 1.32 bits per heavy atom. The Labute approximate surface area is 146 Å². The van der Waals surface area contributed by atoms with Gasteiger partial charge in [0.15, 0.2) is 0 Å². The fourth-order valence-electron chi connectivity index (χ4n) is 3.33. The molecule has 1 saturated carbocycles. The van der Waals surface area contributed by atoms with E-state index in [0.717, 1.165) is 24.5 Å². The van der Waals surface area contributed by atoms with Crippen LogP contribution in [0.2, 0.25) is 0 Å². The van der Waals surface area contributed by atoms with Crippen molar-refractivity contribution < 1.29 is 4.79 Å². The van der Waals surface area contributed by atoms with Crippen LogP contribution in [0.25, 0.3) is 0 Å². The summed E-state index contributed by atoms with van der Waals surface area (Å²) in [4.78, 5) is 23.1. The molecule has 2 atom stereocenters. The zero-order valence-corrected chi connectivity index (χ0v) is 14.2. The van der Waals surface area contributed by atoms with Crippen LogP contribution in [0, 0.1) is 6.92 Å². The fraction of sp³-hybridized carbons (Fsp3) is 0.471. The molecule has 0 bridgehead atoms. The van der Waals surface area contributed by atoms with Gasteiger partial charge in [0.1, 0.15) is 11.6 Å². The van der Waals surface area contributed by atoms with E-state index < -0.39 is 0 Å². The second-order valence-electron chi connectivity index (χ2n) is 6.59. The maximum absolute atomic E-state index is 12.3. The van der Waals surface area contributed by atoms with Gasteiger partial charge in [-0.2, -0.15) is 0 Å². The van der Waals surface area contributed by atoms with Crippen molar-refractivity contribution in [1.29, 1.82) is 0 Å². The molecule has 8 nitrogen and oxygen atoms in total. The highest BCUT2D eigenvalue weighted by Gasteiger charge is 2.36. The zero-order valence-electron chi connectivity index (χ0n) is 14.2. The van der Waals surface area contributed by atoms with Crippen LogP contribution in [-0.4, -0.2) is 50.0 Å². The van der Waals surface area contributed by atoms with E-state index in [2.05, 4.69) is 30.5 Å².